The smallest absolute Gasteiger partial charge is 0.152 e. The fraction of sp³-hybridized carbons (Fsp3) is 0.375. The highest BCUT2D eigenvalue weighted by atomic mass is 35.5. The third kappa shape index (κ3) is 4.66. The molecule has 4 rings (SSSR count). The van der Waals surface area contributed by atoms with Crippen LogP contribution in [0, 0.1) is 12.0 Å². The lowest BCUT2D eigenvalue weighted by molar-refractivity contribution is 0.255. The Morgan fingerprint density at radius 2 is 1.77 bits per heavy atom. The summed E-state index contributed by atoms with van der Waals surface area (Å²) in [6.45, 7) is 1.16. The number of halogens is 2. The van der Waals surface area contributed by atoms with Crippen LogP contribution in [0.4, 0.5) is 5.69 Å². The van der Waals surface area contributed by atoms with E-state index >= 15 is 0 Å². The van der Waals surface area contributed by atoms with Gasteiger partial charge in [0, 0.05) is 30.2 Å². The van der Waals surface area contributed by atoms with Gasteiger partial charge in [0.1, 0.15) is 0 Å². The number of nitrogens with one attached hydrogen (secondary N) is 1. The first-order chi connectivity index (χ1) is 14.4. The van der Waals surface area contributed by atoms with Crippen molar-refractivity contribution < 1.29 is 5.11 Å². The molecule has 0 spiro atoms. The molecule has 1 aliphatic rings. The van der Waals surface area contributed by atoms with E-state index in [9.17, 15) is 5.11 Å². The zero-order chi connectivity index (χ0) is 21.3. The number of nitrogens with zero attached hydrogens (tertiary/aromatic N) is 2. The Hall–Kier alpha value is -2.01. The second-order valence-electron chi connectivity index (χ2n) is 8.42. The second-order valence-corrected chi connectivity index (χ2v) is 9.24. The Labute approximate surface area is 187 Å². The fourth-order valence-electron chi connectivity index (χ4n) is 4.33. The maximum atomic E-state index is 9.85. The Bertz CT molecular complexity index is 1020. The second kappa shape index (κ2) is 9.01. The van der Waals surface area contributed by atoms with Crippen molar-refractivity contribution in [2.75, 3.05) is 26.0 Å². The van der Waals surface area contributed by atoms with Gasteiger partial charge in [-0.15, -0.1) is 0 Å². The van der Waals surface area contributed by atoms with Gasteiger partial charge in [0.2, 0.25) is 0 Å². The molecule has 2 N–H and O–H groups in total. The molecule has 157 valence electrons. The minimum absolute atomic E-state index is 0.0925. The number of fused-ring (bicyclic) bond motifs is 1. The summed E-state index contributed by atoms with van der Waals surface area (Å²) < 4.78 is 0. The molecule has 0 bridgehead atoms. The van der Waals surface area contributed by atoms with Gasteiger partial charge in [-0.05, 0) is 81.1 Å². The van der Waals surface area contributed by atoms with E-state index in [1.807, 2.05) is 12.1 Å². The van der Waals surface area contributed by atoms with E-state index in [0.29, 0.717) is 6.04 Å². The largest absolute Gasteiger partial charge is 0.505 e. The van der Waals surface area contributed by atoms with Crippen molar-refractivity contribution >= 4 is 39.8 Å². The highest BCUT2D eigenvalue weighted by Gasteiger charge is 2.22. The molecule has 0 aliphatic heterocycles. The van der Waals surface area contributed by atoms with Crippen LogP contribution in [0.2, 0.25) is 10.0 Å². The Morgan fingerprint density at radius 1 is 1.07 bits per heavy atom. The number of aromatic hydroxyl groups is 1. The molecular weight excluding hydrogens is 417 g/mol. The molecule has 3 aromatic rings. The molecule has 1 fully saturated rings. The van der Waals surface area contributed by atoms with Crippen molar-refractivity contribution in [3.05, 3.63) is 52.6 Å². The average molecular weight is 443 g/mol. The molecule has 1 radical (unpaired) electrons. The van der Waals surface area contributed by atoms with Gasteiger partial charge in [-0.2, -0.15) is 0 Å². The zero-order valence-electron chi connectivity index (χ0n) is 17.3. The molecule has 1 aromatic heterocycles. The first-order valence-corrected chi connectivity index (χ1v) is 11.1. The predicted molar refractivity (Wildman–Crippen MR) is 126 cm³/mol. The lowest BCUT2D eigenvalue weighted by Gasteiger charge is -2.31. The molecule has 0 atom stereocenters. The number of phenolic OH excluding ortho intramolecular Hbond substituents is 1. The highest BCUT2D eigenvalue weighted by molar-refractivity contribution is 6.37. The monoisotopic (exact) mass is 442 g/mol. The SMILES string of the molecule is CN(C)C[C@H]1CC[C@H](Nc2[c]cnc3ccc(-c4cc(Cl)c(O)c(Cl)c4)cc23)CC1. The van der Waals surface area contributed by atoms with E-state index in [2.05, 4.69) is 41.4 Å². The van der Waals surface area contributed by atoms with Crippen LogP contribution in [0.1, 0.15) is 25.7 Å². The lowest BCUT2D eigenvalue weighted by Crippen LogP contribution is -2.31. The maximum Gasteiger partial charge on any atom is 0.152 e. The summed E-state index contributed by atoms with van der Waals surface area (Å²) >= 11 is 12.2. The van der Waals surface area contributed by atoms with E-state index in [1.54, 1.807) is 18.3 Å². The highest BCUT2D eigenvalue weighted by Crippen LogP contribution is 2.38. The third-order valence-electron chi connectivity index (χ3n) is 5.85. The summed E-state index contributed by atoms with van der Waals surface area (Å²) in [7, 11) is 4.29. The molecule has 30 heavy (non-hydrogen) atoms. The lowest BCUT2D eigenvalue weighted by atomic mass is 9.85. The molecule has 6 heteroatoms. The Balaban J connectivity index is 1.58. The van der Waals surface area contributed by atoms with Gasteiger partial charge in [-0.25, -0.2) is 0 Å². The summed E-state index contributed by atoms with van der Waals surface area (Å²) in [5.74, 6) is 0.692. The van der Waals surface area contributed by atoms with E-state index in [1.165, 1.54) is 25.7 Å². The molecule has 0 amide bonds. The van der Waals surface area contributed by atoms with Gasteiger partial charge in [0.15, 0.2) is 5.75 Å². The van der Waals surface area contributed by atoms with Crippen LogP contribution in [0.5, 0.6) is 5.75 Å². The summed E-state index contributed by atoms with van der Waals surface area (Å²) in [6.07, 6.45) is 6.55. The van der Waals surface area contributed by atoms with E-state index in [4.69, 9.17) is 23.2 Å². The number of benzene rings is 2. The topological polar surface area (TPSA) is 48.4 Å². The molecule has 1 saturated carbocycles. The standard InChI is InChI=1S/C24H26Cl2N3O/c1-29(2)14-15-3-6-18(7-4-15)28-23-9-10-27-22-8-5-16(11-19(22)23)17-12-20(25)24(30)21(26)13-17/h5,8,10-13,15,18,30H,3-4,6-7,14H2,1-2H3,(H,27,28)/t15-,18-. The molecule has 0 saturated heterocycles. The number of phenols is 1. The van der Waals surface area contributed by atoms with Crippen LogP contribution >= 0.6 is 23.2 Å². The minimum atomic E-state index is -0.0925. The zero-order valence-corrected chi connectivity index (χ0v) is 18.8. The van der Waals surface area contributed by atoms with Gasteiger partial charge in [0.05, 0.1) is 21.2 Å². The fourth-order valence-corrected chi connectivity index (χ4v) is 4.82. The summed E-state index contributed by atoms with van der Waals surface area (Å²) in [5.41, 5.74) is 3.71. The average Bonchev–Trinajstić information content (AvgIpc) is 2.72. The number of hydrogen-bond donors (Lipinski definition) is 2. The molecule has 4 nitrogen and oxygen atoms in total. The van der Waals surface area contributed by atoms with Gasteiger partial charge in [0.25, 0.3) is 0 Å². The van der Waals surface area contributed by atoms with Gasteiger partial charge < -0.3 is 15.3 Å². The van der Waals surface area contributed by atoms with Gasteiger partial charge >= 0.3 is 0 Å². The summed E-state index contributed by atoms with van der Waals surface area (Å²) in [4.78, 5) is 6.75. The van der Waals surface area contributed by atoms with E-state index in [0.717, 1.165) is 40.2 Å². The number of aromatic nitrogens is 1. The van der Waals surface area contributed by atoms with Crippen LogP contribution in [0.15, 0.2) is 36.5 Å². The van der Waals surface area contributed by atoms with Crippen molar-refractivity contribution in [2.45, 2.75) is 31.7 Å². The first kappa shape index (κ1) is 21.2. The van der Waals surface area contributed by atoms with Gasteiger partial charge in [-0.3, -0.25) is 4.98 Å². The summed E-state index contributed by atoms with van der Waals surface area (Å²) in [5, 5.41) is 15.1. The number of rotatable bonds is 5. The van der Waals surface area contributed by atoms with Gasteiger partial charge in [-0.1, -0.05) is 29.3 Å². The number of pyridine rings is 1. The first-order valence-electron chi connectivity index (χ1n) is 10.3. The molecule has 2 aromatic carbocycles. The van der Waals surface area contributed by atoms with Crippen LogP contribution in [0.3, 0.4) is 0 Å². The van der Waals surface area contributed by atoms with Crippen LogP contribution in [-0.4, -0.2) is 41.7 Å². The quantitative estimate of drug-likeness (QED) is 0.490. The van der Waals surface area contributed by atoms with E-state index < -0.39 is 0 Å². The van der Waals surface area contributed by atoms with Crippen molar-refractivity contribution in [2.24, 2.45) is 5.92 Å². The number of hydrogen-bond acceptors (Lipinski definition) is 4. The minimum Gasteiger partial charge on any atom is -0.505 e. The number of anilines is 1. The van der Waals surface area contributed by atoms with E-state index in [-0.39, 0.29) is 15.8 Å². The van der Waals surface area contributed by atoms with Crippen molar-refractivity contribution in [3.8, 4) is 16.9 Å². The van der Waals surface area contributed by atoms with Crippen LogP contribution < -0.4 is 5.32 Å². The van der Waals surface area contributed by atoms with Crippen molar-refractivity contribution in [1.29, 1.82) is 0 Å². The normalized spacial score (nSPS) is 19.4. The molecular formula is C24H26Cl2N3O. The van der Waals surface area contributed by atoms with Crippen LogP contribution in [0.25, 0.3) is 22.0 Å². The summed E-state index contributed by atoms with van der Waals surface area (Å²) in [6, 6.07) is 13.3. The van der Waals surface area contributed by atoms with Crippen molar-refractivity contribution in [1.82, 2.24) is 9.88 Å². The van der Waals surface area contributed by atoms with Crippen molar-refractivity contribution in [3.63, 3.8) is 0 Å². The Kier molecular flexibility index (Phi) is 6.37. The Morgan fingerprint density at radius 3 is 2.43 bits per heavy atom. The predicted octanol–water partition coefficient (Wildman–Crippen LogP) is 6.25. The maximum absolute atomic E-state index is 9.85. The van der Waals surface area contributed by atoms with Crippen LogP contribution in [-0.2, 0) is 0 Å². The molecule has 1 heterocycles. The molecule has 1 aliphatic carbocycles. The molecule has 0 unspecified atom stereocenters. The third-order valence-corrected chi connectivity index (χ3v) is 6.42.